The number of rotatable bonds is 7. The molecule has 3 rings (SSSR count). The fourth-order valence-electron chi connectivity index (χ4n) is 3.61. The quantitative estimate of drug-likeness (QED) is 0.610. The molecule has 1 atom stereocenters. The van der Waals surface area contributed by atoms with E-state index < -0.39 is 6.04 Å². The van der Waals surface area contributed by atoms with Crippen LogP contribution in [0.5, 0.6) is 0 Å². The maximum atomic E-state index is 13.2. The highest BCUT2D eigenvalue weighted by molar-refractivity contribution is 7.10. The van der Waals surface area contributed by atoms with Crippen molar-refractivity contribution in [2.45, 2.75) is 58.7 Å². The minimum atomic E-state index is -0.571. The van der Waals surface area contributed by atoms with Gasteiger partial charge in [-0.1, -0.05) is 19.4 Å². The molecule has 1 aromatic heterocycles. The molecule has 4 amide bonds. The molecule has 8 heteroatoms. The SMILES string of the molecule is CCCC(NC(=O)c1cccc(NC(=O)NC(C)C)c1)C(=O)N1CCc2sccc2C1. The Labute approximate surface area is 187 Å². The molecule has 0 saturated carbocycles. The summed E-state index contributed by atoms with van der Waals surface area (Å²) in [5.41, 5.74) is 2.12. The van der Waals surface area contributed by atoms with Gasteiger partial charge in [0.25, 0.3) is 5.91 Å². The van der Waals surface area contributed by atoms with E-state index in [9.17, 15) is 14.4 Å². The fourth-order valence-corrected chi connectivity index (χ4v) is 4.50. The lowest BCUT2D eigenvalue weighted by Crippen LogP contribution is -2.49. The van der Waals surface area contributed by atoms with Crippen molar-refractivity contribution < 1.29 is 14.4 Å². The van der Waals surface area contributed by atoms with E-state index in [1.807, 2.05) is 25.7 Å². The lowest BCUT2D eigenvalue weighted by Gasteiger charge is -2.31. The smallest absolute Gasteiger partial charge is 0.319 e. The summed E-state index contributed by atoms with van der Waals surface area (Å²) in [6.07, 6.45) is 2.22. The van der Waals surface area contributed by atoms with Crippen LogP contribution in [-0.4, -0.2) is 41.4 Å². The second-order valence-electron chi connectivity index (χ2n) is 8.03. The van der Waals surface area contributed by atoms with Gasteiger partial charge in [0, 0.05) is 35.3 Å². The van der Waals surface area contributed by atoms with E-state index in [1.54, 1.807) is 35.6 Å². The van der Waals surface area contributed by atoms with Crippen molar-refractivity contribution in [3.8, 4) is 0 Å². The van der Waals surface area contributed by atoms with Crippen molar-refractivity contribution in [2.75, 3.05) is 11.9 Å². The number of nitrogens with one attached hydrogen (secondary N) is 3. The third-order valence-electron chi connectivity index (χ3n) is 5.10. The summed E-state index contributed by atoms with van der Waals surface area (Å²) in [7, 11) is 0. The van der Waals surface area contributed by atoms with Gasteiger partial charge in [-0.2, -0.15) is 0 Å². The number of anilines is 1. The Morgan fingerprint density at radius 3 is 2.71 bits per heavy atom. The zero-order valence-corrected chi connectivity index (χ0v) is 19.1. The maximum Gasteiger partial charge on any atom is 0.319 e. The van der Waals surface area contributed by atoms with Crippen LogP contribution in [0.3, 0.4) is 0 Å². The van der Waals surface area contributed by atoms with Crippen LogP contribution >= 0.6 is 11.3 Å². The fraction of sp³-hybridized carbons (Fsp3) is 0.435. The molecule has 1 aliphatic heterocycles. The zero-order valence-electron chi connectivity index (χ0n) is 18.2. The number of benzene rings is 1. The third-order valence-corrected chi connectivity index (χ3v) is 6.13. The van der Waals surface area contributed by atoms with E-state index in [0.29, 0.717) is 30.8 Å². The van der Waals surface area contributed by atoms with Gasteiger partial charge in [0.15, 0.2) is 0 Å². The molecule has 7 nitrogen and oxygen atoms in total. The molecule has 0 bridgehead atoms. The highest BCUT2D eigenvalue weighted by atomic mass is 32.1. The first-order valence-corrected chi connectivity index (χ1v) is 11.6. The molecule has 166 valence electrons. The van der Waals surface area contributed by atoms with Gasteiger partial charge >= 0.3 is 6.03 Å². The average Bonchev–Trinajstić information content (AvgIpc) is 3.20. The summed E-state index contributed by atoms with van der Waals surface area (Å²) in [6.45, 7) is 7.01. The molecular formula is C23H30N4O3S. The molecule has 0 aliphatic carbocycles. The summed E-state index contributed by atoms with van der Waals surface area (Å²) in [5.74, 6) is -0.370. The van der Waals surface area contributed by atoms with Crippen molar-refractivity contribution in [1.29, 1.82) is 0 Å². The lowest BCUT2D eigenvalue weighted by molar-refractivity contribution is -0.134. The lowest BCUT2D eigenvalue weighted by atomic mass is 10.1. The Morgan fingerprint density at radius 2 is 1.97 bits per heavy atom. The van der Waals surface area contributed by atoms with Gasteiger partial charge in [-0.05, 0) is 61.9 Å². The van der Waals surface area contributed by atoms with E-state index in [-0.39, 0.29) is 23.9 Å². The monoisotopic (exact) mass is 442 g/mol. The first-order chi connectivity index (χ1) is 14.9. The number of hydrogen-bond donors (Lipinski definition) is 3. The van der Waals surface area contributed by atoms with Gasteiger partial charge in [-0.3, -0.25) is 9.59 Å². The molecule has 2 heterocycles. The van der Waals surface area contributed by atoms with Crippen molar-refractivity contribution >= 4 is 34.9 Å². The van der Waals surface area contributed by atoms with Gasteiger partial charge in [0.2, 0.25) is 5.91 Å². The van der Waals surface area contributed by atoms with Crippen LogP contribution in [0.15, 0.2) is 35.7 Å². The van der Waals surface area contributed by atoms with Crippen LogP contribution < -0.4 is 16.0 Å². The number of thiophene rings is 1. The van der Waals surface area contributed by atoms with Crippen molar-refractivity contribution in [1.82, 2.24) is 15.5 Å². The van der Waals surface area contributed by atoms with Crippen molar-refractivity contribution in [3.63, 3.8) is 0 Å². The van der Waals surface area contributed by atoms with E-state index >= 15 is 0 Å². The van der Waals surface area contributed by atoms with Crippen LogP contribution in [0.2, 0.25) is 0 Å². The number of urea groups is 1. The highest BCUT2D eigenvalue weighted by Crippen LogP contribution is 2.24. The first-order valence-electron chi connectivity index (χ1n) is 10.7. The first kappa shape index (κ1) is 22.8. The Kier molecular flexibility index (Phi) is 7.68. The predicted octanol–water partition coefficient (Wildman–Crippen LogP) is 3.76. The predicted molar refractivity (Wildman–Crippen MR) is 123 cm³/mol. The molecule has 2 aromatic rings. The standard InChI is InChI=1S/C23H30N4O3S/c1-4-6-19(22(29)27-11-9-20-17(14-27)10-12-31-20)26-21(28)16-7-5-8-18(13-16)25-23(30)24-15(2)3/h5,7-8,10,12-13,15,19H,4,6,9,11,14H2,1-3H3,(H,26,28)(H2,24,25,30). The molecule has 0 fully saturated rings. The van der Waals surface area contributed by atoms with Gasteiger partial charge in [0.05, 0.1) is 0 Å². The summed E-state index contributed by atoms with van der Waals surface area (Å²) < 4.78 is 0. The summed E-state index contributed by atoms with van der Waals surface area (Å²) >= 11 is 1.73. The van der Waals surface area contributed by atoms with Crippen LogP contribution in [0.25, 0.3) is 0 Å². The molecule has 31 heavy (non-hydrogen) atoms. The number of carbonyl (C=O) groups excluding carboxylic acids is 3. The Bertz CT molecular complexity index is 940. The Hall–Kier alpha value is -2.87. The van der Waals surface area contributed by atoms with Crippen LogP contribution in [0.4, 0.5) is 10.5 Å². The van der Waals surface area contributed by atoms with E-state index in [1.165, 1.54) is 10.4 Å². The van der Waals surface area contributed by atoms with Crippen LogP contribution in [0.1, 0.15) is 54.4 Å². The summed E-state index contributed by atoms with van der Waals surface area (Å²) in [6, 6.07) is 7.89. The molecular weight excluding hydrogens is 412 g/mol. The number of nitrogens with zero attached hydrogens (tertiary/aromatic N) is 1. The molecule has 1 unspecified atom stereocenters. The van der Waals surface area contributed by atoms with Gasteiger partial charge < -0.3 is 20.9 Å². The minimum Gasteiger partial charge on any atom is -0.340 e. The minimum absolute atomic E-state index is 0.00671. The molecule has 0 radical (unpaired) electrons. The van der Waals surface area contributed by atoms with E-state index in [2.05, 4.69) is 27.4 Å². The highest BCUT2D eigenvalue weighted by Gasteiger charge is 2.28. The summed E-state index contributed by atoms with van der Waals surface area (Å²) in [5, 5.41) is 10.4. The van der Waals surface area contributed by atoms with Gasteiger partial charge in [0.1, 0.15) is 6.04 Å². The van der Waals surface area contributed by atoms with Gasteiger partial charge in [-0.25, -0.2) is 4.79 Å². The molecule has 0 saturated heterocycles. The number of fused-ring (bicyclic) bond motifs is 1. The Morgan fingerprint density at radius 1 is 1.16 bits per heavy atom. The van der Waals surface area contributed by atoms with Crippen molar-refractivity contribution in [3.05, 3.63) is 51.7 Å². The largest absolute Gasteiger partial charge is 0.340 e. The van der Waals surface area contributed by atoms with Crippen molar-refractivity contribution in [2.24, 2.45) is 0 Å². The number of carbonyl (C=O) groups is 3. The topological polar surface area (TPSA) is 90.5 Å². The van der Waals surface area contributed by atoms with Gasteiger partial charge in [-0.15, -0.1) is 11.3 Å². The second-order valence-corrected chi connectivity index (χ2v) is 9.03. The maximum absolute atomic E-state index is 13.2. The third kappa shape index (κ3) is 6.07. The second kappa shape index (κ2) is 10.4. The molecule has 1 aliphatic rings. The van der Waals surface area contributed by atoms with E-state index in [0.717, 1.165) is 12.8 Å². The molecule has 0 spiro atoms. The van der Waals surface area contributed by atoms with Crippen LogP contribution in [0, 0.1) is 0 Å². The normalized spacial score (nSPS) is 14.0. The van der Waals surface area contributed by atoms with E-state index in [4.69, 9.17) is 0 Å². The molecule has 3 N–H and O–H groups in total. The van der Waals surface area contributed by atoms with Crippen LogP contribution in [-0.2, 0) is 17.8 Å². The number of hydrogen-bond acceptors (Lipinski definition) is 4. The Balaban J connectivity index is 1.66. The zero-order chi connectivity index (χ0) is 22.4. The molecule has 1 aromatic carbocycles. The number of amides is 4. The summed E-state index contributed by atoms with van der Waals surface area (Å²) in [4.78, 5) is 41.1. The average molecular weight is 443 g/mol.